The van der Waals surface area contributed by atoms with E-state index in [2.05, 4.69) is 0 Å². The van der Waals surface area contributed by atoms with Gasteiger partial charge in [-0.15, -0.1) is 0 Å². The number of hydrogen-bond acceptors (Lipinski definition) is 0. The Morgan fingerprint density at radius 2 is 2.50 bits per heavy atom. The molecule has 2 aliphatic carbocycles. The van der Waals surface area contributed by atoms with Gasteiger partial charge in [-0.3, -0.25) is 0 Å². The maximum Gasteiger partial charge on any atom is -0.0207 e. The topological polar surface area (TPSA) is 0 Å². The van der Waals surface area contributed by atoms with E-state index in [1.807, 2.05) is 5.92 Å². The predicted molar refractivity (Wildman–Crippen MR) is 25.2 cm³/mol. The van der Waals surface area contributed by atoms with Gasteiger partial charge in [0.2, 0.25) is 0 Å². The van der Waals surface area contributed by atoms with Crippen LogP contribution in [0.15, 0.2) is 0 Å². The Balaban J connectivity index is 2.09. The molecule has 33 valence electrons. The Kier molecular flexibility index (Phi) is 0.408. The van der Waals surface area contributed by atoms with Crippen molar-refractivity contribution in [2.75, 3.05) is 0 Å². The molecule has 0 aliphatic heterocycles. The highest BCUT2D eigenvalue weighted by atomic mass is 14.5. The average Bonchev–Trinajstić information content (AvgIpc) is 2.17. The quantitative estimate of drug-likeness (QED) is 0.417. The Hall–Kier alpha value is 0. The zero-order valence-electron chi connectivity index (χ0n) is 3.91. The van der Waals surface area contributed by atoms with Crippen LogP contribution in [0, 0.1) is 11.8 Å². The van der Waals surface area contributed by atoms with Crippen molar-refractivity contribution in [3.8, 4) is 0 Å². The van der Waals surface area contributed by atoms with Crippen LogP contribution in [0.5, 0.6) is 0 Å². The molecule has 0 aromatic rings. The van der Waals surface area contributed by atoms with Crippen molar-refractivity contribution in [3.05, 3.63) is 5.92 Å². The molecule has 1 unspecified atom stereocenters. The van der Waals surface area contributed by atoms with E-state index in [-0.39, 0.29) is 0 Å². The van der Waals surface area contributed by atoms with Gasteiger partial charge in [0.25, 0.3) is 0 Å². The molecule has 2 aliphatic rings. The number of hydrogen-bond donors (Lipinski definition) is 0. The Bertz CT molecular complexity index is 58.4. The van der Waals surface area contributed by atoms with E-state index in [4.69, 9.17) is 0 Å². The minimum Gasteiger partial charge on any atom is -0.0525 e. The zero-order valence-corrected chi connectivity index (χ0v) is 3.91. The molecular formula is C6H9. The van der Waals surface area contributed by atoms with E-state index in [0.29, 0.717) is 0 Å². The fourth-order valence-corrected chi connectivity index (χ4v) is 1.45. The molecule has 0 saturated heterocycles. The first-order chi connectivity index (χ1) is 2.97. The molecule has 0 bridgehead atoms. The van der Waals surface area contributed by atoms with Crippen LogP contribution in [-0.4, -0.2) is 0 Å². The third kappa shape index (κ3) is 0.250. The monoisotopic (exact) mass is 81.1 g/mol. The number of rotatable bonds is 0. The molecule has 2 saturated carbocycles. The van der Waals surface area contributed by atoms with Gasteiger partial charge in [0, 0.05) is 0 Å². The van der Waals surface area contributed by atoms with Crippen molar-refractivity contribution < 1.29 is 0 Å². The van der Waals surface area contributed by atoms with Crippen LogP contribution < -0.4 is 0 Å². The highest BCUT2D eigenvalue weighted by Gasteiger charge is 2.40. The first-order valence-corrected chi connectivity index (χ1v) is 2.81. The summed E-state index contributed by atoms with van der Waals surface area (Å²) in [5.41, 5.74) is 0. The molecule has 0 spiro atoms. The Labute approximate surface area is 38.6 Å². The molecule has 0 aromatic heterocycles. The summed E-state index contributed by atoms with van der Waals surface area (Å²) in [4.78, 5) is 0. The molecule has 0 aromatic carbocycles. The van der Waals surface area contributed by atoms with Crippen LogP contribution in [0.25, 0.3) is 0 Å². The Morgan fingerprint density at radius 3 is 2.67 bits per heavy atom. The lowest BCUT2D eigenvalue weighted by atomic mass is 10.3. The second-order valence-electron chi connectivity index (χ2n) is 2.45. The standard InChI is InChI=1S/C6H9/c1-2-5-4-6(5)3-1/h5H,1-4H2. The van der Waals surface area contributed by atoms with Crippen LogP contribution in [0.3, 0.4) is 0 Å². The fourth-order valence-electron chi connectivity index (χ4n) is 1.45. The van der Waals surface area contributed by atoms with E-state index in [0.717, 1.165) is 5.92 Å². The molecule has 1 atom stereocenters. The highest BCUT2D eigenvalue weighted by molar-refractivity contribution is 5.17. The summed E-state index contributed by atoms with van der Waals surface area (Å²) in [6.45, 7) is 0. The third-order valence-electron chi connectivity index (χ3n) is 1.98. The van der Waals surface area contributed by atoms with Gasteiger partial charge in [0.1, 0.15) is 0 Å². The van der Waals surface area contributed by atoms with Crippen LogP contribution in [0.4, 0.5) is 0 Å². The van der Waals surface area contributed by atoms with Crippen molar-refractivity contribution in [2.24, 2.45) is 5.92 Å². The van der Waals surface area contributed by atoms with Crippen molar-refractivity contribution >= 4 is 0 Å². The summed E-state index contributed by atoms with van der Waals surface area (Å²) >= 11 is 0. The SMILES string of the molecule is C1C[C]2CC2C1. The smallest absolute Gasteiger partial charge is 0.0207 e. The van der Waals surface area contributed by atoms with E-state index < -0.39 is 0 Å². The third-order valence-corrected chi connectivity index (χ3v) is 1.98. The van der Waals surface area contributed by atoms with Crippen LogP contribution in [0.2, 0.25) is 0 Å². The highest BCUT2D eigenvalue weighted by Crippen LogP contribution is 2.53. The summed E-state index contributed by atoms with van der Waals surface area (Å²) in [5, 5.41) is 0. The van der Waals surface area contributed by atoms with E-state index >= 15 is 0 Å². The van der Waals surface area contributed by atoms with Gasteiger partial charge in [-0.05, 0) is 31.1 Å². The summed E-state index contributed by atoms with van der Waals surface area (Å²) in [7, 11) is 0. The van der Waals surface area contributed by atoms with Crippen molar-refractivity contribution in [1.82, 2.24) is 0 Å². The van der Waals surface area contributed by atoms with Gasteiger partial charge in [-0.2, -0.15) is 0 Å². The molecule has 1 radical (unpaired) electrons. The van der Waals surface area contributed by atoms with Gasteiger partial charge in [-0.1, -0.05) is 6.42 Å². The van der Waals surface area contributed by atoms with Crippen molar-refractivity contribution in [1.29, 1.82) is 0 Å². The molecule has 0 amide bonds. The molecule has 0 heteroatoms. The lowest BCUT2D eigenvalue weighted by molar-refractivity contribution is 0.750. The van der Waals surface area contributed by atoms with E-state index in [9.17, 15) is 0 Å². The normalized spacial score (nSPS) is 43.0. The predicted octanol–water partition coefficient (Wildman–Crippen LogP) is 1.76. The first kappa shape index (κ1) is 3.06. The first-order valence-electron chi connectivity index (χ1n) is 2.81. The second-order valence-corrected chi connectivity index (χ2v) is 2.45. The minimum atomic E-state index is 1.13. The minimum absolute atomic E-state index is 1.13. The van der Waals surface area contributed by atoms with Gasteiger partial charge in [0.15, 0.2) is 0 Å². The summed E-state index contributed by atoms with van der Waals surface area (Å²) < 4.78 is 0. The molecule has 2 rings (SSSR count). The maximum absolute atomic E-state index is 1.87. The van der Waals surface area contributed by atoms with Gasteiger partial charge >= 0.3 is 0 Å². The molecule has 0 N–H and O–H groups in total. The van der Waals surface area contributed by atoms with Gasteiger partial charge < -0.3 is 0 Å². The van der Waals surface area contributed by atoms with E-state index in [1.165, 1.54) is 25.7 Å². The van der Waals surface area contributed by atoms with Crippen molar-refractivity contribution in [2.45, 2.75) is 25.7 Å². The maximum atomic E-state index is 1.87. The van der Waals surface area contributed by atoms with Crippen molar-refractivity contribution in [3.63, 3.8) is 0 Å². The molecule has 2 fully saturated rings. The van der Waals surface area contributed by atoms with Gasteiger partial charge in [0.05, 0.1) is 0 Å². The number of fused-ring (bicyclic) bond motifs is 1. The largest absolute Gasteiger partial charge is 0.0525 e. The van der Waals surface area contributed by atoms with Gasteiger partial charge in [-0.25, -0.2) is 0 Å². The molecule has 0 nitrogen and oxygen atoms in total. The summed E-state index contributed by atoms with van der Waals surface area (Å²) in [6.07, 6.45) is 6.00. The van der Waals surface area contributed by atoms with E-state index in [1.54, 1.807) is 0 Å². The lowest BCUT2D eigenvalue weighted by Gasteiger charge is -1.80. The molecule has 0 heterocycles. The van der Waals surface area contributed by atoms with Crippen LogP contribution in [-0.2, 0) is 0 Å². The zero-order chi connectivity index (χ0) is 3.98. The van der Waals surface area contributed by atoms with Crippen LogP contribution in [0.1, 0.15) is 25.7 Å². The summed E-state index contributed by atoms with van der Waals surface area (Å²) in [5.74, 6) is 3.00. The Morgan fingerprint density at radius 1 is 1.50 bits per heavy atom. The fraction of sp³-hybridized carbons (Fsp3) is 0.833. The molecular weight excluding hydrogens is 72.1 g/mol. The molecule has 6 heavy (non-hydrogen) atoms. The average molecular weight is 81.1 g/mol. The summed E-state index contributed by atoms with van der Waals surface area (Å²) in [6, 6.07) is 0. The lowest BCUT2D eigenvalue weighted by Crippen LogP contribution is -1.63. The van der Waals surface area contributed by atoms with Crippen LogP contribution >= 0.6 is 0 Å². The second kappa shape index (κ2) is 0.800.